The molecule has 5 nitrogen and oxygen atoms in total. The van der Waals surface area contributed by atoms with Crippen molar-refractivity contribution in [2.45, 2.75) is 31.6 Å². The average Bonchev–Trinajstić information content (AvgIpc) is 2.37. The highest BCUT2D eigenvalue weighted by molar-refractivity contribution is 7.89. The monoisotopic (exact) mass is 284 g/mol. The van der Waals surface area contributed by atoms with Gasteiger partial charge in [-0.25, -0.2) is 13.1 Å². The molecule has 1 amide bonds. The number of carbonyl (C=O) groups excluding carboxylic acids is 1. The largest absolute Gasteiger partial charge is 0.359 e. The molecule has 2 N–H and O–H groups in total. The molecule has 0 saturated heterocycles. The minimum atomic E-state index is -3.49. The van der Waals surface area contributed by atoms with Crippen LogP contribution in [0.1, 0.15) is 24.0 Å². The lowest BCUT2D eigenvalue weighted by molar-refractivity contribution is -0.120. The second-order valence-corrected chi connectivity index (χ2v) is 6.19. The smallest absolute Gasteiger partial charge is 0.240 e. The van der Waals surface area contributed by atoms with Crippen molar-refractivity contribution in [1.29, 1.82) is 0 Å². The third-order valence-corrected chi connectivity index (χ3v) is 4.40. The molecule has 0 radical (unpaired) electrons. The highest BCUT2D eigenvalue weighted by Gasteiger charge is 2.13. The van der Waals surface area contributed by atoms with Crippen LogP contribution in [0.3, 0.4) is 0 Å². The molecule has 6 heteroatoms. The third kappa shape index (κ3) is 4.65. The lowest BCUT2D eigenvalue weighted by atomic mass is 10.1. The lowest BCUT2D eigenvalue weighted by Gasteiger charge is -2.08. The van der Waals surface area contributed by atoms with Crippen molar-refractivity contribution in [3.05, 3.63) is 29.3 Å². The van der Waals surface area contributed by atoms with Crippen molar-refractivity contribution >= 4 is 15.9 Å². The van der Waals surface area contributed by atoms with Gasteiger partial charge in [-0.15, -0.1) is 0 Å². The second-order valence-electron chi connectivity index (χ2n) is 4.42. The minimum Gasteiger partial charge on any atom is -0.359 e. The van der Waals surface area contributed by atoms with E-state index in [-0.39, 0.29) is 17.3 Å². The van der Waals surface area contributed by atoms with Crippen molar-refractivity contribution in [2.24, 2.45) is 0 Å². The molecule has 0 aliphatic heterocycles. The molecule has 106 valence electrons. The van der Waals surface area contributed by atoms with E-state index in [0.29, 0.717) is 12.8 Å². The van der Waals surface area contributed by atoms with Crippen LogP contribution in [0.5, 0.6) is 0 Å². The summed E-state index contributed by atoms with van der Waals surface area (Å²) in [5.41, 5.74) is 1.99. The summed E-state index contributed by atoms with van der Waals surface area (Å²) in [7, 11) is -1.93. The summed E-state index contributed by atoms with van der Waals surface area (Å²) in [4.78, 5) is 11.3. The quantitative estimate of drug-likeness (QED) is 0.768. The average molecular weight is 284 g/mol. The first-order chi connectivity index (χ1) is 8.86. The predicted molar refractivity (Wildman–Crippen MR) is 74.4 cm³/mol. The van der Waals surface area contributed by atoms with Gasteiger partial charge in [0.05, 0.1) is 4.90 Å². The molecule has 1 rings (SSSR count). The zero-order chi connectivity index (χ0) is 14.5. The summed E-state index contributed by atoms with van der Waals surface area (Å²) in [6.45, 7) is 4.06. The first-order valence-corrected chi connectivity index (χ1v) is 7.62. The summed E-state index contributed by atoms with van der Waals surface area (Å²) < 4.78 is 26.5. The van der Waals surface area contributed by atoms with Crippen molar-refractivity contribution in [2.75, 3.05) is 13.6 Å². The maximum absolute atomic E-state index is 12.0. The summed E-state index contributed by atoms with van der Waals surface area (Å²) in [5, 5.41) is 2.49. The van der Waals surface area contributed by atoms with Gasteiger partial charge in [0, 0.05) is 20.0 Å². The highest BCUT2D eigenvalue weighted by Crippen LogP contribution is 2.14. The van der Waals surface area contributed by atoms with Crippen molar-refractivity contribution < 1.29 is 13.2 Å². The summed E-state index contributed by atoms with van der Waals surface area (Å²) in [6, 6.07) is 5.02. The van der Waals surface area contributed by atoms with E-state index in [2.05, 4.69) is 10.0 Å². The molecule has 0 saturated carbocycles. The molecule has 0 aromatic heterocycles. The third-order valence-electron chi connectivity index (χ3n) is 2.94. The van der Waals surface area contributed by atoms with Crippen LogP contribution in [0, 0.1) is 13.8 Å². The number of aryl methyl sites for hydroxylation is 2. The van der Waals surface area contributed by atoms with Gasteiger partial charge in [0.25, 0.3) is 0 Å². The van der Waals surface area contributed by atoms with Crippen LogP contribution >= 0.6 is 0 Å². The fourth-order valence-corrected chi connectivity index (χ4v) is 2.70. The van der Waals surface area contributed by atoms with Gasteiger partial charge in [-0.2, -0.15) is 0 Å². The van der Waals surface area contributed by atoms with Gasteiger partial charge < -0.3 is 5.32 Å². The number of rotatable bonds is 6. The second kappa shape index (κ2) is 6.68. The van der Waals surface area contributed by atoms with E-state index in [4.69, 9.17) is 0 Å². The Hall–Kier alpha value is -1.40. The van der Waals surface area contributed by atoms with E-state index < -0.39 is 10.0 Å². The van der Waals surface area contributed by atoms with Crippen molar-refractivity contribution in [1.82, 2.24) is 10.0 Å². The number of hydrogen-bond donors (Lipinski definition) is 2. The number of amides is 1. The maximum atomic E-state index is 12.0. The fraction of sp³-hybridized carbons (Fsp3) is 0.462. The van der Waals surface area contributed by atoms with E-state index in [9.17, 15) is 13.2 Å². The van der Waals surface area contributed by atoms with Crippen molar-refractivity contribution in [3.63, 3.8) is 0 Å². The standard InChI is InChI=1S/C13H20N2O3S/c1-10-6-7-12(9-11(10)2)19(17,18)15-8-4-5-13(16)14-3/h6-7,9,15H,4-5,8H2,1-3H3,(H,14,16). The van der Waals surface area contributed by atoms with Crippen LogP contribution in [0.15, 0.2) is 23.1 Å². The predicted octanol–water partition coefficient (Wildman–Crippen LogP) is 1.11. The Morgan fingerprint density at radius 2 is 1.89 bits per heavy atom. The zero-order valence-corrected chi connectivity index (χ0v) is 12.3. The molecule has 0 spiro atoms. The van der Waals surface area contributed by atoms with Gasteiger partial charge in [-0.1, -0.05) is 6.07 Å². The Balaban J connectivity index is 2.61. The summed E-state index contributed by atoms with van der Waals surface area (Å²) >= 11 is 0. The first-order valence-electron chi connectivity index (χ1n) is 6.14. The number of hydrogen-bond acceptors (Lipinski definition) is 3. The van der Waals surface area contributed by atoms with Crippen LogP contribution in [0.25, 0.3) is 0 Å². The van der Waals surface area contributed by atoms with E-state index in [0.717, 1.165) is 11.1 Å². The van der Waals surface area contributed by atoms with Crippen LogP contribution in [-0.4, -0.2) is 27.9 Å². The topological polar surface area (TPSA) is 75.3 Å². The lowest BCUT2D eigenvalue weighted by Crippen LogP contribution is -2.26. The van der Waals surface area contributed by atoms with E-state index >= 15 is 0 Å². The molecule has 0 aliphatic rings. The molecule has 0 atom stereocenters. The molecular formula is C13H20N2O3S. The van der Waals surface area contributed by atoms with Gasteiger partial charge in [0.2, 0.25) is 15.9 Å². The molecule has 19 heavy (non-hydrogen) atoms. The van der Waals surface area contributed by atoms with Gasteiger partial charge in [0.15, 0.2) is 0 Å². The Labute approximate surface area is 114 Å². The zero-order valence-electron chi connectivity index (χ0n) is 11.5. The Morgan fingerprint density at radius 1 is 1.21 bits per heavy atom. The first kappa shape index (κ1) is 15.7. The number of sulfonamides is 1. The van der Waals surface area contributed by atoms with Crippen LogP contribution in [-0.2, 0) is 14.8 Å². The Kier molecular flexibility index (Phi) is 5.50. The highest BCUT2D eigenvalue weighted by atomic mass is 32.2. The van der Waals surface area contributed by atoms with Gasteiger partial charge >= 0.3 is 0 Å². The molecule has 0 heterocycles. The molecular weight excluding hydrogens is 264 g/mol. The Bertz CT molecular complexity index is 553. The summed E-state index contributed by atoms with van der Waals surface area (Å²) in [6.07, 6.45) is 0.787. The van der Waals surface area contributed by atoms with E-state index in [1.54, 1.807) is 25.2 Å². The molecule has 1 aromatic rings. The Morgan fingerprint density at radius 3 is 2.47 bits per heavy atom. The number of benzene rings is 1. The van der Waals surface area contributed by atoms with Crippen LogP contribution in [0.4, 0.5) is 0 Å². The number of carbonyl (C=O) groups is 1. The fourth-order valence-electron chi connectivity index (χ4n) is 1.54. The van der Waals surface area contributed by atoms with E-state index in [1.165, 1.54) is 0 Å². The molecule has 0 bridgehead atoms. The SMILES string of the molecule is CNC(=O)CCCNS(=O)(=O)c1ccc(C)c(C)c1. The van der Waals surface area contributed by atoms with Gasteiger partial charge in [0.1, 0.15) is 0 Å². The maximum Gasteiger partial charge on any atom is 0.240 e. The van der Waals surface area contributed by atoms with Crippen LogP contribution < -0.4 is 10.0 Å². The van der Waals surface area contributed by atoms with Gasteiger partial charge in [-0.05, 0) is 43.5 Å². The summed E-state index contributed by atoms with van der Waals surface area (Å²) in [5.74, 6) is -0.0922. The molecule has 0 aliphatic carbocycles. The minimum absolute atomic E-state index is 0.0922. The van der Waals surface area contributed by atoms with Crippen molar-refractivity contribution in [3.8, 4) is 0 Å². The number of nitrogens with one attached hydrogen (secondary N) is 2. The van der Waals surface area contributed by atoms with Gasteiger partial charge in [-0.3, -0.25) is 4.79 Å². The molecule has 1 aromatic carbocycles. The van der Waals surface area contributed by atoms with Crippen LogP contribution in [0.2, 0.25) is 0 Å². The molecule has 0 unspecified atom stereocenters. The van der Waals surface area contributed by atoms with E-state index in [1.807, 2.05) is 13.8 Å². The normalized spacial score (nSPS) is 11.3. The molecule has 0 fully saturated rings.